The van der Waals surface area contributed by atoms with Crippen molar-refractivity contribution in [2.45, 2.75) is 12.5 Å². The van der Waals surface area contributed by atoms with Crippen molar-refractivity contribution in [1.82, 2.24) is 15.3 Å². The zero-order valence-corrected chi connectivity index (χ0v) is 13.8. The molecule has 2 aromatic heterocycles. The normalized spacial score (nSPS) is 12.3. The third-order valence-electron chi connectivity index (χ3n) is 3.50. The highest BCUT2D eigenvalue weighted by atomic mass is 79.9. The predicted octanol–water partition coefficient (Wildman–Crippen LogP) is 4.16. The second-order valence-corrected chi connectivity index (χ2v) is 6.10. The number of nitrogens with zero attached hydrogens (tertiary/aromatic N) is 1. The summed E-state index contributed by atoms with van der Waals surface area (Å²) >= 11 is 3.37. The van der Waals surface area contributed by atoms with Crippen molar-refractivity contribution >= 4 is 33.1 Å². The molecule has 5 nitrogen and oxygen atoms in total. The molecule has 1 atom stereocenters. The Hall–Kier alpha value is -2.48. The summed E-state index contributed by atoms with van der Waals surface area (Å²) in [5, 5.41) is 11.4. The molecule has 3 N–H and O–H groups in total. The number of hydrogen-bond acceptors (Lipinski definition) is 2. The first-order valence-corrected chi connectivity index (χ1v) is 7.79. The van der Waals surface area contributed by atoms with E-state index >= 15 is 0 Å². The first-order chi connectivity index (χ1) is 11.4. The topological polar surface area (TPSA) is 78.0 Å². The molecule has 1 aromatic carbocycles. The molecule has 0 saturated carbocycles. The minimum absolute atomic E-state index is 0.0580. The first kappa shape index (κ1) is 16.4. The van der Waals surface area contributed by atoms with Crippen molar-refractivity contribution in [1.29, 1.82) is 0 Å². The molecule has 2 heterocycles. The molecule has 0 aliphatic heterocycles. The second-order valence-electron chi connectivity index (χ2n) is 5.25. The van der Waals surface area contributed by atoms with Crippen LogP contribution in [0.3, 0.4) is 0 Å². The molecular weight excluding hydrogens is 384 g/mol. The van der Waals surface area contributed by atoms with Gasteiger partial charge in [-0.1, -0.05) is 0 Å². The lowest BCUT2D eigenvalue weighted by Gasteiger charge is -2.18. The van der Waals surface area contributed by atoms with E-state index in [-0.39, 0.29) is 6.42 Å². The van der Waals surface area contributed by atoms with Crippen LogP contribution in [0.2, 0.25) is 0 Å². The Morgan fingerprint density at radius 1 is 1.29 bits per heavy atom. The number of aromatic amines is 1. The fourth-order valence-corrected chi connectivity index (χ4v) is 3.14. The summed E-state index contributed by atoms with van der Waals surface area (Å²) in [7, 11) is 0. The average molecular weight is 396 g/mol. The van der Waals surface area contributed by atoms with Gasteiger partial charge in [0.05, 0.1) is 22.8 Å². The molecule has 1 amide bonds. The second kappa shape index (κ2) is 6.56. The lowest BCUT2D eigenvalue weighted by atomic mass is 10.0. The van der Waals surface area contributed by atoms with Gasteiger partial charge in [0, 0.05) is 16.7 Å². The maximum absolute atomic E-state index is 13.4. The van der Waals surface area contributed by atoms with E-state index in [0.717, 1.165) is 11.6 Å². The third kappa shape index (κ3) is 3.53. The van der Waals surface area contributed by atoms with Gasteiger partial charge in [-0.05, 0) is 52.2 Å². The number of pyridine rings is 1. The highest BCUT2D eigenvalue weighted by Gasteiger charge is 2.21. The molecular formula is C16H12BrF2N3O2. The average Bonchev–Trinajstić information content (AvgIpc) is 2.91. The van der Waals surface area contributed by atoms with Crippen molar-refractivity contribution in [3.8, 4) is 0 Å². The highest BCUT2D eigenvalue weighted by molar-refractivity contribution is 9.10. The van der Waals surface area contributed by atoms with Gasteiger partial charge >= 0.3 is 6.09 Å². The molecule has 124 valence electrons. The molecule has 0 aliphatic carbocycles. The van der Waals surface area contributed by atoms with E-state index in [1.165, 1.54) is 12.1 Å². The van der Waals surface area contributed by atoms with Gasteiger partial charge in [-0.15, -0.1) is 0 Å². The quantitative estimate of drug-likeness (QED) is 0.620. The van der Waals surface area contributed by atoms with E-state index in [2.05, 4.69) is 31.2 Å². The maximum Gasteiger partial charge on any atom is 0.405 e. The summed E-state index contributed by atoms with van der Waals surface area (Å²) < 4.78 is 27.4. The number of fused-ring (bicyclic) bond motifs is 1. The molecule has 0 bridgehead atoms. The molecule has 3 rings (SSSR count). The summed E-state index contributed by atoms with van der Waals surface area (Å²) in [5.74, 6) is -1.43. The van der Waals surface area contributed by atoms with Crippen LogP contribution in [0.15, 0.2) is 41.0 Å². The van der Waals surface area contributed by atoms with Crippen LogP contribution in [0, 0.1) is 11.6 Å². The van der Waals surface area contributed by atoms with Crippen molar-refractivity contribution < 1.29 is 18.7 Å². The molecule has 24 heavy (non-hydrogen) atoms. The zero-order chi connectivity index (χ0) is 17.3. The molecule has 0 fully saturated rings. The number of carboxylic acid groups (broad SMARTS) is 1. The molecule has 0 saturated heterocycles. The lowest BCUT2D eigenvalue weighted by molar-refractivity contribution is 0.189. The van der Waals surface area contributed by atoms with Gasteiger partial charge < -0.3 is 15.4 Å². The highest BCUT2D eigenvalue weighted by Crippen LogP contribution is 2.28. The largest absolute Gasteiger partial charge is 0.465 e. The Labute approximate surface area is 143 Å². The SMILES string of the molecule is O=C(O)N[C@@H](Cc1cc(F)cc(F)c1)c1nc2cc[nH]c2cc1Br. The number of nitrogens with one attached hydrogen (secondary N) is 2. The summed E-state index contributed by atoms with van der Waals surface area (Å²) in [4.78, 5) is 18.6. The number of carbonyl (C=O) groups is 1. The monoisotopic (exact) mass is 395 g/mol. The zero-order valence-electron chi connectivity index (χ0n) is 12.2. The third-order valence-corrected chi connectivity index (χ3v) is 4.14. The van der Waals surface area contributed by atoms with Crippen LogP contribution >= 0.6 is 15.9 Å². The van der Waals surface area contributed by atoms with Crippen LogP contribution in [0.25, 0.3) is 11.0 Å². The molecule has 3 aromatic rings. The van der Waals surface area contributed by atoms with E-state index in [4.69, 9.17) is 5.11 Å². The summed E-state index contributed by atoms with van der Waals surface area (Å²) in [6.45, 7) is 0. The van der Waals surface area contributed by atoms with E-state index in [9.17, 15) is 13.6 Å². The number of H-pyrrole nitrogens is 1. The number of rotatable bonds is 4. The van der Waals surface area contributed by atoms with Gasteiger partial charge in [-0.25, -0.2) is 18.6 Å². The Morgan fingerprint density at radius 3 is 2.67 bits per heavy atom. The molecule has 0 unspecified atom stereocenters. The number of hydrogen-bond donors (Lipinski definition) is 3. The maximum atomic E-state index is 13.4. The smallest absolute Gasteiger partial charge is 0.405 e. The Bertz CT molecular complexity index is 893. The van der Waals surface area contributed by atoms with Crippen molar-refractivity contribution in [2.24, 2.45) is 0 Å². The Kier molecular flexibility index (Phi) is 4.48. The van der Waals surface area contributed by atoms with Crippen LogP contribution in [0.1, 0.15) is 17.3 Å². The van der Waals surface area contributed by atoms with E-state index in [0.29, 0.717) is 21.2 Å². The Morgan fingerprint density at radius 2 is 2.00 bits per heavy atom. The number of aromatic nitrogens is 2. The van der Waals surface area contributed by atoms with E-state index in [1.54, 1.807) is 18.3 Å². The predicted molar refractivity (Wildman–Crippen MR) is 87.8 cm³/mol. The number of amides is 1. The van der Waals surface area contributed by atoms with Crippen molar-refractivity contribution in [3.05, 3.63) is 63.9 Å². The minimum Gasteiger partial charge on any atom is -0.465 e. The molecule has 0 aliphatic rings. The van der Waals surface area contributed by atoms with Gasteiger partial charge in [0.15, 0.2) is 0 Å². The fourth-order valence-electron chi connectivity index (χ4n) is 2.55. The van der Waals surface area contributed by atoms with E-state index in [1.807, 2.05) is 0 Å². The van der Waals surface area contributed by atoms with Crippen molar-refractivity contribution in [3.63, 3.8) is 0 Å². The summed E-state index contributed by atoms with van der Waals surface area (Å²) in [6, 6.07) is 5.87. The number of halogens is 3. The molecule has 0 radical (unpaired) electrons. The van der Waals surface area contributed by atoms with Crippen LogP contribution < -0.4 is 5.32 Å². The van der Waals surface area contributed by atoms with Crippen LogP contribution in [0.4, 0.5) is 13.6 Å². The van der Waals surface area contributed by atoms with Gasteiger partial charge in [0.2, 0.25) is 0 Å². The van der Waals surface area contributed by atoms with Gasteiger partial charge in [-0.2, -0.15) is 0 Å². The van der Waals surface area contributed by atoms with Gasteiger partial charge in [0.25, 0.3) is 0 Å². The van der Waals surface area contributed by atoms with Crippen molar-refractivity contribution in [2.75, 3.05) is 0 Å². The molecule has 8 heteroatoms. The van der Waals surface area contributed by atoms with Gasteiger partial charge in [0.1, 0.15) is 11.6 Å². The Balaban J connectivity index is 2.01. The van der Waals surface area contributed by atoms with E-state index < -0.39 is 23.8 Å². The summed E-state index contributed by atoms with van der Waals surface area (Å²) in [6.07, 6.45) is 0.526. The van der Waals surface area contributed by atoms with Crippen LogP contribution in [-0.4, -0.2) is 21.2 Å². The van der Waals surface area contributed by atoms with Crippen LogP contribution in [0.5, 0.6) is 0 Å². The minimum atomic E-state index is -1.25. The summed E-state index contributed by atoms with van der Waals surface area (Å²) in [5.41, 5.74) is 2.22. The number of benzene rings is 1. The fraction of sp³-hybridized carbons (Fsp3) is 0.125. The standard InChI is InChI=1S/C16H12BrF2N3O2/c17-11-7-13-12(1-2-20-13)21-15(11)14(22-16(23)24)5-8-3-9(18)6-10(19)4-8/h1-4,6-7,14,20,22H,5H2,(H,23,24)/t14-/m0/s1. The first-order valence-electron chi connectivity index (χ1n) is 7.00. The van der Waals surface area contributed by atoms with Crippen LogP contribution in [-0.2, 0) is 6.42 Å². The lowest BCUT2D eigenvalue weighted by Crippen LogP contribution is -2.29. The van der Waals surface area contributed by atoms with Gasteiger partial charge in [-0.3, -0.25) is 0 Å². The molecule has 0 spiro atoms.